The molecule has 0 saturated carbocycles. The number of hydrogen-bond acceptors (Lipinski definition) is 1. The van der Waals surface area contributed by atoms with Crippen molar-refractivity contribution >= 4 is 5.78 Å². The van der Waals surface area contributed by atoms with Gasteiger partial charge in [0, 0.05) is 17.5 Å². The summed E-state index contributed by atoms with van der Waals surface area (Å²) in [5.41, 5.74) is 0.694. The maximum absolute atomic E-state index is 13.4. The Kier molecular flexibility index (Phi) is 4.39. The lowest BCUT2D eigenvalue weighted by Gasteiger charge is -2.04. The van der Waals surface area contributed by atoms with E-state index in [4.69, 9.17) is 0 Å². The average molecular weight is 260 g/mol. The summed E-state index contributed by atoms with van der Waals surface area (Å²) in [5.74, 6) is -1.10. The normalized spacial score (nSPS) is 10.4. The van der Waals surface area contributed by atoms with Crippen LogP contribution in [0.4, 0.5) is 8.78 Å². The maximum atomic E-state index is 13.4. The molecule has 0 unspecified atom stereocenters. The molecule has 0 fully saturated rings. The summed E-state index contributed by atoms with van der Waals surface area (Å²) in [4.78, 5) is 11.8. The highest BCUT2D eigenvalue weighted by Gasteiger charge is 2.10. The molecule has 2 aromatic carbocycles. The molecule has 0 radical (unpaired) electrons. The number of benzene rings is 2. The van der Waals surface area contributed by atoms with Crippen LogP contribution in [0.15, 0.2) is 48.5 Å². The third-order valence-electron chi connectivity index (χ3n) is 2.99. The van der Waals surface area contributed by atoms with Crippen LogP contribution in [0.2, 0.25) is 0 Å². The van der Waals surface area contributed by atoms with Crippen LogP contribution < -0.4 is 0 Å². The summed E-state index contributed by atoms with van der Waals surface area (Å²) in [5, 5.41) is 0. The number of rotatable bonds is 5. The van der Waals surface area contributed by atoms with Crippen molar-refractivity contribution < 1.29 is 13.6 Å². The Morgan fingerprint density at radius 1 is 0.895 bits per heavy atom. The van der Waals surface area contributed by atoms with Crippen LogP contribution >= 0.6 is 0 Å². The molecule has 0 bridgehead atoms. The number of ketones is 1. The van der Waals surface area contributed by atoms with E-state index in [0.29, 0.717) is 12.0 Å². The number of carbonyl (C=O) groups excluding carboxylic acids is 1. The van der Waals surface area contributed by atoms with Gasteiger partial charge >= 0.3 is 0 Å². The predicted octanol–water partition coefficient (Wildman–Crippen LogP) is 4.17. The summed E-state index contributed by atoms with van der Waals surface area (Å²) in [7, 11) is 0. The van der Waals surface area contributed by atoms with Crippen molar-refractivity contribution in [3.05, 3.63) is 71.3 Å². The first-order valence-corrected chi connectivity index (χ1v) is 6.19. The van der Waals surface area contributed by atoms with E-state index in [2.05, 4.69) is 0 Å². The van der Waals surface area contributed by atoms with Crippen molar-refractivity contribution in [3.8, 4) is 0 Å². The van der Waals surface area contributed by atoms with E-state index in [1.54, 1.807) is 24.3 Å². The largest absolute Gasteiger partial charge is 0.294 e. The molecule has 0 atom stereocenters. The highest BCUT2D eigenvalue weighted by atomic mass is 19.1. The van der Waals surface area contributed by atoms with Gasteiger partial charge in [-0.05, 0) is 25.0 Å². The molecule has 2 rings (SSSR count). The fraction of sp³-hybridized carbons (Fsp3) is 0.188. The third kappa shape index (κ3) is 3.47. The van der Waals surface area contributed by atoms with Gasteiger partial charge in [0.05, 0.1) is 0 Å². The first-order chi connectivity index (χ1) is 9.18. The summed E-state index contributed by atoms with van der Waals surface area (Å²) in [6.45, 7) is 0. The molecular weight excluding hydrogens is 246 g/mol. The Morgan fingerprint density at radius 2 is 1.53 bits per heavy atom. The molecule has 0 aromatic heterocycles. The van der Waals surface area contributed by atoms with Gasteiger partial charge in [-0.2, -0.15) is 0 Å². The van der Waals surface area contributed by atoms with Gasteiger partial charge in [0.25, 0.3) is 0 Å². The van der Waals surface area contributed by atoms with Crippen LogP contribution in [-0.2, 0) is 6.42 Å². The zero-order valence-corrected chi connectivity index (χ0v) is 10.4. The molecule has 0 heterocycles. The lowest BCUT2D eigenvalue weighted by Crippen LogP contribution is -2.01. The van der Waals surface area contributed by atoms with Gasteiger partial charge in [-0.25, -0.2) is 8.78 Å². The molecule has 0 aliphatic carbocycles. The summed E-state index contributed by atoms with van der Waals surface area (Å²) >= 11 is 0. The summed E-state index contributed by atoms with van der Waals surface area (Å²) < 4.78 is 26.7. The lowest BCUT2D eigenvalue weighted by atomic mass is 10.0. The van der Waals surface area contributed by atoms with Gasteiger partial charge in [0.15, 0.2) is 5.78 Å². The minimum absolute atomic E-state index is 0.00246. The van der Waals surface area contributed by atoms with Crippen molar-refractivity contribution in [1.29, 1.82) is 0 Å². The first-order valence-electron chi connectivity index (χ1n) is 6.19. The van der Waals surface area contributed by atoms with E-state index in [9.17, 15) is 13.6 Å². The van der Waals surface area contributed by atoms with Crippen LogP contribution in [0, 0.1) is 11.6 Å². The molecule has 19 heavy (non-hydrogen) atoms. The minimum atomic E-state index is -0.549. The van der Waals surface area contributed by atoms with Gasteiger partial charge in [-0.3, -0.25) is 4.79 Å². The molecule has 98 valence electrons. The molecule has 2 aromatic rings. The van der Waals surface area contributed by atoms with Gasteiger partial charge < -0.3 is 0 Å². The Bertz CT molecular complexity index is 544. The van der Waals surface area contributed by atoms with E-state index in [0.717, 1.165) is 0 Å². The molecule has 0 aliphatic rings. The molecule has 0 amide bonds. The fourth-order valence-electron chi connectivity index (χ4n) is 1.97. The van der Waals surface area contributed by atoms with E-state index >= 15 is 0 Å². The molecular formula is C16H14F2O. The van der Waals surface area contributed by atoms with Crippen molar-refractivity contribution in [2.24, 2.45) is 0 Å². The maximum Gasteiger partial charge on any atom is 0.162 e. The van der Waals surface area contributed by atoms with Crippen LogP contribution in [-0.4, -0.2) is 5.78 Å². The first kappa shape index (κ1) is 13.4. The van der Waals surface area contributed by atoms with Crippen LogP contribution in [0.3, 0.4) is 0 Å². The zero-order valence-electron chi connectivity index (χ0n) is 10.4. The van der Waals surface area contributed by atoms with E-state index in [-0.39, 0.29) is 24.2 Å². The minimum Gasteiger partial charge on any atom is -0.294 e. The second kappa shape index (κ2) is 6.23. The number of hydrogen-bond donors (Lipinski definition) is 0. The van der Waals surface area contributed by atoms with E-state index < -0.39 is 11.6 Å². The summed E-state index contributed by atoms with van der Waals surface area (Å²) in [6.07, 6.45) is 0.959. The number of halogens is 2. The number of carbonyl (C=O) groups is 1. The van der Waals surface area contributed by atoms with Crippen molar-refractivity contribution in [2.75, 3.05) is 0 Å². The average Bonchev–Trinajstić information content (AvgIpc) is 2.43. The molecule has 0 saturated heterocycles. The Hall–Kier alpha value is -2.03. The highest BCUT2D eigenvalue weighted by Crippen LogP contribution is 2.15. The molecule has 3 heteroatoms. The molecule has 0 aliphatic heterocycles. The van der Waals surface area contributed by atoms with Crippen LogP contribution in [0.25, 0.3) is 0 Å². The van der Waals surface area contributed by atoms with Crippen LogP contribution in [0.1, 0.15) is 28.8 Å². The second-order valence-corrected chi connectivity index (χ2v) is 4.34. The van der Waals surface area contributed by atoms with Crippen molar-refractivity contribution in [1.82, 2.24) is 0 Å². The van der Waals surface area contributed by atoms with Gasteiger partial charge in [0.2, 0.25) is 0 Å². The second-order valence-electron chi connectivity index (χ2n) is 4.34. The summed E-state index contributed by atoms with van der Waals surface area (Å²) in [6, 6.07) is 12.7. The molecule has 1 nitrogen and oxygen atoms in total. The van der Waals surface area contributed by atoms with E-state index in [1.807, 2.05) is 6.07 Å². The van der Waals surface area contributed by atoms with E-state index in [1.165, 1.54) is 18.2 Å². The standard InChI is InChI=1S/C16H14F2O/c17-14-9-5-10-15(18)13(14)8-4-11-16(19)12-6-2-1-3-7-12/h1-3,5-7,9-10H,4,8,11H2. The van der Waals surface area contributed by atoms with Gasteiger partial charge in [0.1, 0.15) is 11.6 Å². The smallest absolute Gasteiger partial charge is 0.162 e. The predicted molar refractivity (Wildman–Crippen MR) is 70.1 cm³/mol. The Morgan fingerprint density at radius 3 is 2.16 bits per heavy atom. The third-order valence-corrected chi connectivity index (χ3v) is 2.99. The SMILES string of the molecule is O=C(CCCc1c(F)cccc1F)c1ccccc1. The Balaban J connectivity index is 1.92. The van der Waals surface area contributed by atoms with Crippen molar-refractivity contribution in [3.63, 3.8) is 0 Å². The van der Waals surface area contributed by atoms with Crippen molar-refractivity contribution in [2.45, 2.75) is 19.3 Å². The number of Topliss-reactive ketones (excluding diaryl/α,β-unsaturated/α-hetero) is 1. The highest BCUT2D eigenvalue weighted by molar-refractivity contribution is 5.95. The topological polar surface area (TPSA) is 17.1 Å². The van der Waals surface area contributed by atoms with Gasteiger partial charge in [-0.1, -0.05) is 36.4 Å². The molecule has 0 spiro atoms. The monoisotopic (exact) mass is 260 g/mol. The fourth-order valence-corrected chi connectivity index (χ4v) is 1.97. The van der Waals surface area contributed by atoms with Gasteiger partial charge in [-0.15, -0.1) is 0 Å². The lowest BCUT2D eigenvalue weighted by molar-refractivity contribution is 0.0980. The Labute approximate surface area is 110 Å². The quantitative estimate of drug-likeness (QED) is 0.737. The van der Waals surface area contributed by atoms with Crippen LogP contribution in [0.5, 0.6) is 0 Å². The zero-order chi connectivity index (χ0) is 13.7. The molecule has 0 N–H and O–H groups in total.